The van der Waals surface area contributed by atoms with E-state index in [9.17, 15) is 0 Å². The summed E-state index contributed by atoms with van der Waals surface area (Å²) in [5.74, 6) is -0.437. The normalized spacial score (nSPS) is 8.08. The van der Waals surface area contributed by atoms with Gasteiger partial charge in [-0.1, -0.05) is 0 Å². The molecule has 0 atom stereocenters. The van der Waals surface area contributed by atoms with Crippen molar-refractivity contribution in [3.8, 4) is 17.2 Å². The van der Waals surface area contributed by atoms with Gasteiger partial charge in [-0.2, -0.15) is 0 Å². The Morgan fingerprint density at radius 2 is 1.17 bits per heavy atom. The fraction of sp³-hybridized carbons (Fsp3) is 0.125. The predicted octanol–water partition coefficient (Wildman–Crippen LogP) is 1.01. The summed E-state index contributed by atoms with van der Waals surface area (Å²) in [6.45, 7) is 1.44. The van der Waals surface area contributed by atoms with E-state index in [0.29, 0.717) is 0 Å². The summed E-state index contributed by atoms with van der Waals surface area (Å²) in [5, 5.41) is 26.0. The van der Waals surface area contributed by atoms with E-state index < -0.39 is 0 Å². The highest BCUT2D eigenvalue weighted by Gasteiger charge is 1.94. The van der Waals surface area contributed by atoms with Crippen LogP contribution in [0.25, 0.3) is 0 Å². The minimum absolute atomic E-state index is 0.146. The molecule has 0 amide bonds. The van der Waals surface area contributed by atoms with Crippen LogP contribution in [0.1, 0.15) is 6.92 Å². The molecule has 0 aliphatic rings. The van der Waals surface area contributed by atoms with Gasteiger partial charge in [0, 0.05) is 18.2 Å². The molecule has 4 nitrogen and oxygen atoms in total. The first kappa shape index (κ1) is 10.3. The van der Waals surface area contributed by atoms with Gasteiger partial charge in [0.1, 0.15) is 23.5 Å². The van der Waals surface area contributed by atoms with Crippen molar-refractivity contribution in [1.29, 1.82) is 0 Å². The fourth-order valence-electron chi connectivity index (χ4n) is 0.580. The number of aromatic hydroxyl groups is 3. The number of phenols is 3. The molecule has 4 heteroatoms. The number of hydrogen-bond donors (Lipinski definition) is 3. The van der Waals surface area contributed by atoms with Crippen molar-refractivity contribution >= 4 is 6.29 Å². The Hall–Kier alpha value is -1.71. The molecule has 0 bridgehead atoms. The van der Waals surface area contributed by atoms with E-state index in [0.717, 1.165) is 24.5 Å². The van der Waals surface area contributed by atoms with Crippen LogP contribution in [0.2, 0.25) is 0 Å². The summed E-state index contributed by atoms with van der Waals surface area (Å²) in [5.41, 5.74) is 0. The number of carbonyl (C=O) groups is 1. The smallest absolute Gasteiger partial charge is 0.122 e. The first-order chi connectivity index (χ1) is 5.60. The number of phenolic OH excluding ortho intramolecular Hbond substituents is 3. The van der Waals surface area contributed by atoms with Crippen LogP contribution in [-0.2, 0) is 4.79 Å². The molecule has 0 fully saturated rings. The largest absolute Gasteiger partial charge is 0.508 e. The summed E-state index contributed by atoms with van der Waals surface area (Å²) >= 11 is 0. The summed E-state index contributed by atoms with van der Waals surface area (Å²) in [6, 6.07) is 3.42. The zero-order valence-electron chi connectivity index (χ0n) is 6.56. The number of rotatable bonds is 0. The molecule has 0 saturated heterocycles. The lowest BCUT2D eigenvalue weighted by Gasteiger charge is -1.94. The minimum Gasteiger partial charge on any atom is -0.508 e. The molecule has 0 aliphatic carbocycles. The summed E-state index contributed by atoms with van der Waals surface area (Å²) in [4.78, 5) is 8.81. The molecule has 1 rings (SSSR count). The van der Waals surface area contributed by atoms with E-state index in [1.807, 2.05) is 0 Å². The molecule has 12 heavy (non-hydrogen) atoms. The zero-order chi connectivity index (χ0) is 9.56. The molecule has 66 valence electrons. The molecule has 0 aromatic heterocycles. The van der Waals surface area contributed by atoms with Gasteiger partial charge in [0.2, 0.25) is 0 Å². The van der Waals surface area contributed by atoms with Gasteiger partial charge in [0.25, 0.3) is 0 Å². The third-order valence-corrected chi connectivity index (χ3v) is 0.887. The van der Waals surface area contributed by atoms with E-state index in [1.54, 1.807) is 0 Å². The average molecular weight is 170 g/mol. The van der Waals surface area contributed by atoms with Gasteiger partial charge in [-0.25, -0.2) is 0 Å². The minimum atomic E-state index is -0.146. The van der Waals surface area contributed by atoms with Gasteiger partial charge in [-0.05, 0) is 6.92 Å². The Bertz CT molecular complexity index is 207. The molecule has 1 aromatic carbocycles. The number of aldehydes is 1. The van der Waals surface area contributed by atoms with Gasteiger partial charge in [-0.15, -0.1) is 0 Å². The SMILES string of the molecule is CC=O.Oc1cc(O)cc(O)c1. The van der Waals surface area contributed by atoms with Gasteiger partial charge < -0.3 is 20.1 Å². The van der Waals surface area contributed by atoms with E-state index >= 15 is 0 Å². The highest BCUT2D eigenvalue weighted by atomic mass is 16.3. The van der Waals surface area contributed by atoms with Crippen molar-refractivity contribution in [2.45, 2.75) is 6.92 Å². The van der Waals surface area contributed by atoms with Crippen LogP contribution in [0.5, 0.6) is 17.2 Å². The van der Waals surface area contributed by atoms with E-state index in [2.05, 4.69) is 0 Å². The van der Waals surface area contributed by atoms with Crippen molar-refractivity contribution in [2.24, 2.45) is 0 Å². The molecular weight excluding hydrogens is 160 g/mol. The standard InChI is InChI=1S/C6H6O3.C2H4O/c7-4-1-5(8)3-6(9)2-4;1-2-3/h1-3,7-9H;2H,1H3. The molecule has 0 aliphatic heterocycles. The van der Waals surface area contributed by atoms with Gasteiger partial charge >= 0.3 is 0 Å². The Morgan fingerprint density at radius 3 is 1.33 bits per heavy atom. The van der Waals surface area contributed by atoms with Crippen LogP contribution >= 0.6 is 0 Å². The number of carbonyl (C=O) groups excluding carboxylic acids is 1. The summed E-state index contributed by atoms with van der Waals surface area (Å²) < 4.78 is 0. The van der Waals surface area contributed by atoms with Crippen molar-refractivity contribution in [1.82, 2.24) is 0 Å². The Labute approximate surface area is 69.7 Å². The molecule has 0 saturated carbocycles. The van der Waals surface area contributed by atoms with Crippen LogP contribution in [0.15, 0.2) is 18.2 Å². The lowest BCUT2D eigenvalue weighted by Crippen LogP contribution is -1.66. The molecule has 0 unspecified atom stereocenters. The van der Waals surface area contributed by atoms with Crippen LogP contribution in [0, 0.1) is 0 Å². The second-order valence-electron chi connectivity index (χ2n) is 1.94. The van der Waals surface area contributed by atoms with E-state index in [4.69, 9.17) is 20.1 Å². The number of benzene rings is 1. The monoisotopic (exact) mass is 170 g/mol. The van der Waals surface area contributed by atoms with Crippen molar-refractivity contribution in [3.63, 3.8) is 0 Å². The molecule has 0 spiro atoms. The molecule has 3 N–H and O–H groups in total. The quantitative estimate of drug-likeness (QED) is 0.508. The Morgan fingerprint density at radius 1 is 1.00 bits per heavy atom. The molecule has 0 radical (unpaired) electrons. The third kappa shape index (κ3) is 4.16. The van der Waals surface area contributed by atoms with Gasteiger partial charge in [-0.3, -0.25) is 0 Å². The van der Waals surface area contributed by atoms with Crippen molar-refractivity contribution in [3.05, 3.63) is 18.2 Å². The van der Waals surface area contributed by atoms with Crippen LogP contribution in [-0.4, -0.2) is 21.6 Å². The molecular formula is C8H10O4. The van der Waals surface area contributed by atoms with Crippen LogP contribution < -0.4 is 0 Å². The second-order valence-corrected chi connectivity index (χ2v) is 1.94. The maximum absolute atomic E-state index is 8.81. The zero-order valence-corrected chi connectivity index (χ0v) is 6.56. The third-order valence-electron chi connectivity index (χ3n) is 0.887. The van der Waals surface area contributed by atoms with Gasteiger partial charge in [0.15, 0.2) is 0 Å². The van der Waals surface area contributed by atoms with Gasteiger partial charge in [0.05, 0.1) is 0 Å². The first-order valence-corrected chi connectivity index (χ1v) is 3.22. The lowest BCUT2D eigenvalue weighted by atomic mass is 10.3. The average Bonchev–Trinajstić information content (AvgIpc) is 1.84. The Kier molecular flexibility index (Phi) is 4.30. The highest BCUT2D eigenvalue weighted by molar-refractivity contribution is 5.44. The van der Waals surface area contributed by atoms with Crippen molar-refractivity contribution < 1.29 is 20.1 Å². The van der Waals surface area contributed by atoms with E-state index in [-0.39, 0.29) is 17.2 Å². The van der Waals surface area contributed by atoms with E-state index in [1.165, 1.54) is 6.92 Å². The second kappa shape index (κ2) is 5.01. The lowest BCUT2D eigenvalue weighted by molar-refractivity contribution is -0.106. The number of hydrogen-bond acceptors (Lipinski definition) is 4. The highest BCUT2D eigenvalue weighted by Crippen LogP contribution is 2.23. The fourth-order valence-corrected chi connectivity index (χ4v) is 0.580. The maximum Gasteiger partial charge on any atom is 0.122 e. The summed E-state index contributed by atoms with van der Waals surface area (Å²) in [6.07, 6.45) is 0.750. The van der Waals surface area contributed by atoms with Crippen molar-refractivity contribution in [2.75, 3.05) is 0 Å². The van der Waals surface area contributed by atoms with Crippen LogP contribution in [0.3, 0.4) is 0 Å². The molecule has 1 aromatic rings. The molecule has 0 heterocycles. The first-order valence-electron chi connectivity index (χ1n) is 3.22. The predicted molar refractivity (Wildman–Crippen MR) is 43.2 cm³/mol. The summed E-state index contributed by atoms with van der Waals surface area (Å²) in [7, 11) is 0. The van der Waals surface area contributed by atoms with Crippen LogP contribution in [0.4, 0.5) is 0 Å². The Balaban J connectivity index is 0.000000354. The topological polar surface area (TPSA) is 77.8 Å². The maximum atomic E-state index is 8.81.